The molecule has 0 saturated heterocycles. The number of aromatic nitrogens is 1. The summed E-state index contributed by atoms with van der Waals surface area (Å²) in [5.74, 6) is 0.882. The zero-order valence-electron chi connectivity index (χ0n) is 13.2. The third-order valence-corrected chi connectivity index (χ3v) is 3.27. The number of carbonyl (C=O) groups is 1. The second kappa shape index (κ2) is 7.75. The van der Waals surface area contributed by atoms with Crippen molar-refractivity contribution in [1.82, 2.24) is 4.98 Å². The molecule has 22 heavy (non-hydrogen) atoms. The predicted molar refractivity (Wildman–Crippen MR) is 82.3 cm³/mol. The van der Waals surface area contributed by atoms with Gasteiger partial charge < -0.3 is 13.9 Å². The van der Waals surface area contributed by atoms with Crippen LogP contribution in [0.5, 0.6) is 0 Å². The van der Waals surface area contributed by atoms with Gasteiger partial charge >= 0.3 is 5.97 Å². The molecule has 118 valence electrons. The fraction of sp³-hybridized carbons (Fsp3) is 0.412. The Hall–Kier alpha value is -2.14. The summed E-state index contributed by atoms with van der Waals surface area (Å²) in [7, 11) is 0. The molecule has 0 saturated carbocycles. The Kier molecular flexibility index (Phi) is 5.72. The molecule has 0 N–H and O–H groups in total. The zero-order chi connectivity index (χ0) is 15.9. The van der Waals surface area contributed by atoms with Gasteiger partial charge in [0.25, 0.3) is 0 Å². The zero-order valence-corrected chi connectivity index (χ0v) is 13.2. The van der Waals surface area contributed by atoms with Crippen molar-refractivity contribution in [3.63, 3.8) is 0 Å². The maximum atomic E-state index is 11.2. The number of hydrogen-bond acceptors (Lipinski definition) is 5. The topological polar surface area (TPSA) is 61.6 Å². The predicted octanol–water partition coefficient (Wildman–Crippen LogP) is 3.29. The summed E-state index contributed by atoms with van der Waals surface area (Å²) >= 11 is 0. The summed E-state index contributed by atoms with van der Waals surface area (Å²) in [6.07, 6.45) is 0.998. The van der Waals surface area contributed by atoms with E-state index in [0.717, 1.165) is 12.0 Å². The average molecular weight is 303 g/mol. The first-order chi connectivity index (χ1) is 10.6. The molecule has 1 aromatic carbocycles. The van der Waals surface area contributed by atoms with Crippen molar-refractivity contribution in [2.24, 2.45) is 0 Å². The van der Waals surface area contributed by atoms with Crippen LogP contribution in [-0.2, 0) is 27.3 Å². The molecule has 0 aliphatic carbocycles. The van der Waals surface area contributed by atoms with Crippen molar-refractivity contribution in [3.05, 3.63) is 41.3 Å². The van der Waals surface area contributed by atoms with Crippen molar-refractivity contribution in [2.75, 3.05) is 13.2 Å². The van der Waals surface area contributed by atoms with Crippen LogP contribution in [0, 0.1) is 6.92 Å². The monoisotopic (exact) mass is 303 g/mol. The fourth-order valence-electron chi connectivity index (χ4n) is 2.00. The largest absolute Gasteiger partial charge is 0.464 e. The molecule has 1 heterocycles. The quantitative estimate of drug-likeness (QED) is 0.734. The third kappa shape index (κ3) is 4.18. The van der Waals surface area contributed by atoms with E-state index in [9.17, 15) is 4.79 Å². The summed E-state index contributed by atoms with van der Waals surface area (Å²) in [6.45, 7) is 6.20. The van der Waals surface area contributed by atoms with Crippen molar-refractivity contribution in [2.45, 2.75) is 33.8 Å². The molecule has 0 unspecified atom stereocenters. The highest BCUT2D eigenvalue weighted by Crippen LogP contribution is 2.22. The van der Waals surface area contributed by atoms with Gasteiger partial charge in [0, 0.05) is 5.56 Å². The van der Waals surface area contributed by atoms with Crippen LogP contribution in [0.25, 0.3) is 11.5 Å². The highest BCUT2D eigenvalue weighted by Gasteiger charge is 2.12. The molecule has 0 aliphatic rings. The van der Waals surface area contributed by atoms with Crippen LogP contribution in [0.4, 0.5) is 0 Å². The Labute approximate surface area is 130 Å². The van der Waals surface area contributed by atoms with Gasteiger partial charge in [0.1, 0.15) is 18.1 Å². The van der Waals surface area contributed by atoms with Crippen molar-refractivity contribution >= 4 is 5.97 Å². The average Bonchev–Trinajstić information content (AvgIpc) is 2.89. The van der Waals surface area contributed by atoms with Crippen LogP contribution in [0.2, 0.25) is 0 Å². The summed E-state index contributed by atoms with van der Waals surface area (Å²) < 4.78 is 15.8. The Morgan fingerprint density at radius 2 is 1.95 bits per heavy atom. The van der Waals surface area contributed by atoms with Crippen LogP contribution in [0.3, 0.4) is 0 Å². The number of aryl methyl sites for hydroxylation is 2. The van der Waals surface area contributed by atoms with Crippen molar-refractivity contribution in [3.8, 4) is 11.5 Å². The number of carbonyl (C=O) groups excluding carboxylic acids is 1. The lowest BCUT2D eigenvalue weighted by atomic mass is 10.1. The first kappa shape index (κ1) is 16.2. The van der Waals surface area contributed by atoms with E-state index in [-0.39, 0.29) is 19.2 Å². The van der Waals surface area contributed by atoms with Gasteiger partial charge in [0.05, 0.1) is 13.2 Å². The van der Waals surface area contributed by atoms with Gasteiger partial charge in [0.15, 0.2) is 0 Å². The van der Waals surface area contributed by atoms with Crippen LogP contribution < -0.4 is 0 Å². The van der Waals surface area contributed by atoms with Gasteiger partial charge in [0.2, 0.25) is 5.89 Å². The molecule has 2 aromatic rings. The normalized spacial score (nSPS) is 10.7. The SMILES string of the molecule is CCOC(=O)COCc1nc(-c2ccc(CC)cc2)oc1C. The van der Waals surface area contributed by atoms with E-state index >= 15 is 0 Å². The van der Waals surface area contributed by atoms with Crippen molar-refractivity contribution in [1.29, 1.82) is 0 Å². The Morgan fingerprint density at radius 1 is 1.23 bits per heavy atom. The molecule has 0 atom stereocenters. The number of esters is 1. The smallest absolute Gasteiger partial charge is 0.332 e. The molecule has 0 spiro atoms. The second-order valence-electron chi connectivity index (χ2n) is 4.87. The molecule has 0 aliphatic heterocycles. The minimum atomic E-state index is -0.376. The van der Waals surface area contributed by atoms with E-state index in [4.69, 9.17) is 13.9 Å². The van der Waals surface area contributed by atoms with Crippen LogP contribution in [0.15, 0.2) is 28.7 Å². The van der Waals surface area contributed by atoms with E-state index in [2.05, 4.69) is 24.0 Å². The van der Waals surface area contributed by atoms with E-state index in [0.29, 0.717) is 24.0 Å². The molecular formula is C17H21NO4. The summed E-state index contributed by atoms with van der Waals surface area (Å²) in [6, 6.07) is 8.11. The molecule has 1 aromatic heterocycles. The molecular weight excluding hydrogens is 282 g/mol. The number of hydrogen-bond donors (Lipinski definition) is 0. The molecule has 0 fully saturated rings. The van der Waals surface area contributed by atoms with Gasteiger partial charge in [-0.05, 0) is 38.0 Å². The molecule has 0 bridgehead atoms. The number of oxazole rings is 1. The number of benzene rings is 1. The number of nitrogens with zero attached hydrogens (tertiary/aromatic N) is 1. The maximum absolute atomic E-state index is 11.2. The van der Waals surface area contributed by atoms with E-state index in [1.807, 2.05) is 19.1 Å². The Morgan fingerprint density at radius 3 is 2.59 bits per heavy atom. The van der Waals surface area contributed by atoms with Gasteiger partial charge in [-0.1, -0.05) is 19.1 Å². The van der Waals surface area contributed by atoms with Gasteiger partial charge in [-0.15, -0.1) is 0 Å². The first-order valence-electron chi connectivity index (χ1n) is 7.43. The first-order valence-corrected chi connectivity index (χ1v) is 7.43. The minimum absolute atomic E-state index is 0.0827. The maximum Gasteiger partial charge on any atom is 0.332 e. The number of rotatable bonds is 7. The second-order valence-corrected chi connectivity index (χ2v) is 4.87. The van der Waals surface area contributed by atoms with Gasteiger partial charge in [-0.2, -0.15) is 0 Å². The Balaban J connectivity index is 1.99. The van der Waals surface area contributed by atoms with Crippen LogP contribution in [-0.4, -0.2) is 24.2 Å². The number of ether oxygens (including phenoxy) is 2. The van der Waals surface area contributed by atoms with Gasteiger partial charge in [-0.3, -0.25) is 0 Å². The molecule has 0 amide bonds. The molecule has 5 heteroatoms. The lowest BCUT2D eigenvalue weighted by Crippen LogP contribution is -2.12. The highest BCUT2D eigenvalue weighted by atomic mass is 16.6. The van der Waals surface area contributed by atoms with E-state index in [1.165, 1.54) is 5.56 Å². The highest BCUT2D eigenvalue weighted by molar-refractivity contribution is 5.70. The summed E-state index contributed by atoms with van der Waals surface area (Å²) in [4.78, 5) is 15.6. The summed E-state index contributed by atoms with van der Waals surface area (Å²) in [5.41, 5.74) is 2.89. The molecule has 5 nitrogen and oxygen atoms in total. The summed E-state index contributed by atoms with van der Waals surface area (Å²) in [5, 5.41) is 0. The van der Waals surface area contributed by atoms with Crippen molar-refractivity contribution < 1.29 is 18.7 Å². The standard InChI is InChI=1S/C17H21NO4/c1-4-13-6-8-14(9-7-13)17-18-15(12(3)22-17)10-20-11-16(19)21-5-2/h6-9H,4-5,10-11H2,1-3H3. The molecule has 0 radical (unpaired) electrons. The molecule has 2 rings (SSSR count). The van der Waals surface area contributed by atoms with Crippen LogP contribution in [0.1, 0.15) is 30.9 Å². The van der Waals surface area contributed by atoms with Gasteiger partial charge in [-0.25, -0.2) is 9.78 Å². The van der Waals surface area contributed by atoms with Crippen LogP contribution >= 0.6 is 0 Å². The van der Waals surface area contributed by atoms with E-state index in [1.54, 1.807) is 6.92 Å². The Bertz CT molecular complexity index is 616. The lowest BCUT2D eigenvalue weighted by Gasteiger charge is -2.02. The lowest BCUT2D eigenvalue weighted by molar-refractivity contribution is -0.148. The third-order valence-electron chi connectivity index (χ3n) is 3.27. The fourth-order valence-corrected chi connectivity index (χ4v) is 2.00. The minimum Gasteiger partial charge on any atom is -0.464 e. The van der Waals surface area contributed by atoms with E-state index < -0.39 is 0 Å².